The molecule has 41 heavy (non-hydrogen) atoms. The van der Waals surface area contributed by atoms with Gasteiger partial charge in [0.05, 0.1) is 40.2 Å². The Kier molecular flexibility index (Phi) is 10.5. The molecule has 2 heterocycles. The fourth-order valence-electron chi connectivity index (χ4n) is 4.95. The van der Waals surface area contributed by atoms with Crippen molar-refractivity contribution in [1.29, 1.82) is 0 Å². The Bertz CT molecular complexity index is 1410. The highest BCUT2D eigenvalue weighted by Gasteiger charge is 2.42. The lowest BCUT2D eigenvalue weighted by molar-refractivity contribution is -0.149. The van der Waals surface area contributed by atoms with Gasteiger partial charge in [-0.3, -0.25) is 9.78 Å². The minimum Gasteiger partial charge on any atom is -0.492 e. The Morgan fingerprint density at radius 3 is 2.44 bits per heavy atom. The molecule has 1 saturated carbocycles. The van der Waals surface area contributed by atoms with Crippen molar-refractivity contribution in [2.75, 3.05) is 34.4 Å². The minimum absolute atomic E-state index is 0.131. The molecule has 0 unspecified atom stereocenters. The maximum atomic E-state index is 13.5. The van der Waals surface area contributed by atoms with Crippen molar-refractivity contribution in [3.05, 3.63) is 63.4 Å². The van der Waals surface area contributed by atoms with Crippen molar-refractivity contribution in [2.24, 2.45) is 0 Å². The summed E-state index contributed by atoms with van der Waals surface area (Å²) >= 11 is 19.1. The summed E-state index contributed by atoms with van der Waals surface area (Å²) in [6, 6.07) is 10.2. The van der Waals surface area contributed by atoms with Crippen LogP contribution in [0.5, 0.6) is 5.75 Å². The van der Waals surface area contributed by atoms with E-state index in [9.17, 15) is 9.59 Å². The van der Waals surface area contributed by atoms with Gasteiger partial charge < -0.3 is 19.7 Å². The third-order valence-electron chi connectivity index (χ3n) is 7.04. The van der Waals surface area contributed by atoms with Gasteiger partial charge in [0, 0.05) is 23.9 Å². The largest absolute Gasteiger partial charge is 0.492 e. The molecule has 8 nitrogen and oxygen atoms in total. The summed E-state index contributed by atoms with van der Waals surface area (Å²) in [7, 11) is 5.34. The van der Waals surface area contributed by atoms with E-state index in [0.29, 0.717) is 62.8 Å². The summed E-state index contributed by atoms with van der Waals surface area (Å²) in [5, 5.41) is 4.11. The SMILES string of the molecule is COC(=O)C1(NC(=O)c2ccc(-c3ncc(Cl)cc3Cl)c(-c3ccc(Cl)c(OCCCN(C)C)c3)n2)CCCCC1. The highest BCUT2D eigenvalue weighted by molar-refractivity contribution is 6.36. The number of halogens is 3. The molecule has 0 spiro atoms. The number of nitrogens with one attached hydrogen (secondary N) is 1. The van der Waals surface area contributed by atoms with E-state index >= 15 is 0 Å². The predicted octanol–water partition coefficient (Wildman–Crippen LogP) is 6.71. The first-order valence-corrected chi connectivity index (χ1v) is 14.6. The Balaban J connectivity index is 1.75. The predicted molar refractivity (Wildman–Crippen MR) is 162 cm³/mol. The smallest absolute Gasteiger partial charge is 0.331 e. The average molecular weight is 620 g/mol. The second-order valence-corrected chi connectivity index (χ2v) is 11.6. The molecule has 2 aromatic heterocycles. The summed E-state index contributed by atoms with van der Waals surface area (Å²) in [6.07, 6.45) is 5.96. The molecule has 1 fully saturated rings. The Morgan fingerprint density at radius 2 is 1.76 bits per heavy atom. The number of amides is 1. The number of ether oxygens (including phenoxy) is 2. The summed E-state index contributed by atoms with van der Waals surface area (Å²) in [5.74, 6) is -0.435. The van der Waals surface area contributed by atoms with Crippen molar-refractivity contribution >= 4 is 46.7 Å². The number of aromatic nitrogens is 2. The molecule has 3 aromatic rings. The second kappa shape index (κ2) is 13.8. The number of methoxy groups -OCH3 is 1. The van der Waals surface area contributed by atoms with Crippen LogP contribution in [-0.2, 0) is 9.53 Å². The van der Waals surface area contributed by atoms with Crippen LogP contribution in [0.2, 0.25) is 15.1 Å². The molecular formula is C30H33Cl3N4O4. The van der Waals surface area contributed by atoms with E-state index in [1.54, 1.807) is 36.4 Å². The number of carbonyl (C=O) groups excluding carboxylic acids is 2. The number of nitrogens with zero attached hydrogens (tertiary/aromatic N) is 3. The van der Waals surface area contributed by atoms with Crippen LogP contribution in [-0.4, -0.2) is 66.6 Å². The van der Waals surface area contributed by atoms with Crippen molar-refractivity contribution in [3.8, 4) is 28.3 Å². The molecule has 1 aliphatic carbocycles. The third-order valence-corrected chi connectivity index (χ3v) is 7.85. The van der Waals surface area contributed by atoms with Crippen molar-refractivity contribution in [3.63, 3.8) is 0 Å². The molecule has 4 rings (SSSR count). The molecular weight excluding hydrogens is 587 g/mol. The van der Waals surface area contributed by atoms with Crippen molar-refractivity contribution in [1.82, 2.24) is 20.2 Å². The van der Waals surface area contributed by atoms with E-state index in [-0.39, 0.29) is 5.69 Å². The van der Waals surface area contributed by atoms with Gasteiger partial charge in [0.25, 0.3) is 5.91 Å². The van der Waals surface area contributed by atoms with E-state index in [0.717, 1.165) is 32.2 Å². The molecule has 0 saturated heterocycles. The van der Waals surface area contributed by atoms with E-state index in [1.165, 1.54) is 13.3 Å². The van der Waals surface area contributed by atoms with Crippen LogP contribution < -0.4 is 10.1 Å². The molecule has 0 aliphatic heterocycles. The second-order valence-electron chi connectivity index (χ2n) is 10.3. The summed E-state index contributed by atoms with van der Waals surface area (Å²) < 4.78 is 11.1. The van der Waals surface area contributed by atoms with Gasteiger partial charge >= 0.3 is 5.97 Å². The molecule has 0 atom stereocenters. The summed E-state index contributed by atoms with van der Waals surface area (Å²) in [6.45, 7) is 1.35. The zero-order chi connectivity index (χ0) is 29.6. The fourth-order valence-corrected chi connectivity index (χ4v) is 5.60. The van der Waals surface area contributed by atoms with Gasteiger partial charge in [-0.25, -0.2) is 9.78 Å². The summed E-state index contributed by atoms with van der Waals surface area (Å²) in [5.41, 5.74) is 1.18. The third kappa shape index (κ3) is 7.49. The van der Waals surface area contributed by atoms with E-state index in [2.05, 4.69) is 15.2 Å². The lowest BCUT2D eigenvalue weighted by atomic mass is 9.81. The standard InChI is InChI=1S/C30H33Cl3N4O4/c1-37(2)14-7-15-41-25-16-19(8-10-22(25)32)26-21(27-23(33)17-20(31)18-34-27)9-11-24(35-26)28(38)36-30(29(39)40-3)12-5-4-6-13-30/h8-11,16-18H,4-7,12-15H2,1-3H3,(H,36,38). The number of hydrogen-bond donors (Lipinski definition) is 1. The Labute approximate surface area is 255 Å². The molecule has 1 aliphatic rings. The van der Waals surface area contributed by atoms with E-state index < -0.39 is 17.4 Å². The molecule has 0 radical (unpaired) electrons. The first-order valence-electron chi connectivity index (χ1n) is 13.4. The molecule has 218 valence electrons. The van der Waals surface area contributed by atoms with Gasteiger partial charge in [-0.1, -0.05) is 60.1 Å². The highest BCUT2D eigenvalue weighted by Crippen LogP contribution is 2.38. The number of carbonyl (C=O) groups is 2. The van der Waals surface area contributed by atoms with Crippen molar-refractivity contribution < 1.29 is 19.1 Å². The minimum atomic E-state index is -1.08. The Morgan fingerprint density at radius 1 is 1.00 bits per heavy atom. The van der Waals surface area contributed by atoms with E-state index in [4.69, 9.17) is 49.3 Å². The number of pyridine rings is 2. The van der Waals surface area contributed by atoms with Gasteiger partial charge in [-0.05, 0) is 63.7 Å². The van der Waals surface area contributed by atoms with Crippen LogP contribution in [0.3, 0.4) is 0 Å². The zero-order valence-corrected chi connectivity index (χ0v) is 25.6. The quantitative estimate of drug-likeness (QED) is 0.199. The number of esters is 1. The van der Waals surface area contributed by atoms with E-state index in [1.807, 2.05) is 14.1 Å². The van der Waals surface area contributed by atoms with Crippen LogP contribution >= 0.6 is 34.8 Å². The number of rotatable bonds is 10. The topological polar surface area (TPSA) is 93.6 Å². The molecule has 1 amide bonds. The highest BCUT2D eigenvalue weighted by atomic mass is 35.5. The maximum Gasteiger partial charge on any atom is 0.331 e. The molecule has 1 N–H and O–H groups in total. The van der Waals surface area contributed by atoms with Gasteiger partial charge in [0.15, 0.2) is 0 Å². The van der Waals surface area contributed by atoms with Crippen LogP contribution in [0.15, 0.2) is 42.6 Å². The maximum absolute atomic E-state index is 13.5. The molecule has 1 aromatic carbocycles. The lowest BCUT2D eigenvalue weighted by Gasteiger charge is -2.35. The first kappa shape index (κ1) is 31.0. The normalized spacial score (nSPS) is 14.5. The summed E-state index contributed by atoms with van der Waals surface area (Å²) in [4.78, 5) is 37.6. The fraction of sp³-hybridized carbons (Fsp3) is 0.400. The van der Waals surface area contributed by atoms with Crippen LogP contribution in [0, 0.1) is 0 Å². The van der Waals surface area contributed by atoms with Crippen LogP contribution in [0.1, 0.15) is 49.0 Å². The zero-order valence-electron chi connectivity index (χ0n) is 23.3. The van der Waals surface area contributed by atoms with Crippen LogP contribution in [0.25, 0.3) is 22.5 Å². The first-order chi connectivity index (χ1) is 19.6. The van der Waals surface area contributed by atoms with Crippen LogP contribution in [0.4, 0.5) is 0 Å². The number of hydrogen-bond acceptors (Lipinski definition) is 7. The number of benzene rings is 1. The monoisotopic (exact) mass is 618 g/mol. The van der Waals surface area contributed by atoms with Gasteiger partial charge in [-0.2, -0.15) is 0 Å². The Hall–Kier alpha value is -2.91. The lowest BCUT2D eigenvalue weighted by Crippen LogP contribution is -2.56. The molecule has 0 bridgehead atoms. The average Bonchev–Trinajstić information content (AvgIpc) is 2.96. The van der Waals surface area contributed by atoms with Gasteiger partial charge in [0.2, 0.25) is 0 Å². The van der Waals surface area contributed by atoms with Gasteiger partial charge in [0.1, 0.15) is 17.0 Å². The van der Waals surface area contributed by atoms with Crippen molar-refractivity contribution in [2.45, 2.75) is 44.1 Å². The molecule has 11 heteroatoms. The van der Waals surface area contributed by atoms with Gasteiger partial charge in [-0.15, -0.1) is 0 Å².